The lowest BCUT2D eigenvalue weighted by Gasteiger charge is -2.31. The second-order valence-corrected chi connectivity index (χ2v) is 6.15. The number of hydrogen-bond donors (Lipinski definition) is 2. The third-order valence-corrected chi connectivity index (χ3v) is 4.99. The van der Waals surface area contributed by atoms with Gasteiger partial charge in [-0.1, -0.05) is 19.8 Å². The van der Waals surface area contributed by atoms with Crippen LogP contribution in [0.15, 0.2) is 12.1 Å². The summed E-state index contributed by atoms with van der Waals surface area (Å²) in [5, 5.41) is 3.17. The molecule has 1 aliphatic rings. The standard InChI is InChI=1S/C14H22N2OS/c1-2-11-7-8-13(18-11)14(17)16-12-6-4-3-5-10(12)9-15/h7-8,10,12H,2-6,9,15H2,1H3,(H,16,17). The molecule has 0 saturated heterocycles. The van der Waals surface area contributed by atoms with Crippen LogP contribution in [-0.2, 0) is 6.42 Å². The topological polar surface area (TPSA) is 55.1 Å². The number of aryl methyl sites for hydroxylation is 1. The zero-order valence-corrected chi connectivity index (χ0v) is 11.8. The summed E-state index contributed by atoms with van der Waals surface area (Å²) in [7, 11) is 0. The maximum atomic E-state index is 12.2. The molecular weight excluding hydrogens is 244 g/mol. The van der Waals surface area contributed by atoms with Crippen molar-refractivity contribution in [3.8, 4) is 0 Å². The summed E-state index contributed by atoms with van der Waals surface area (Å²) in [5.74, 6) is 0.526. The molecular formula is C14H22N2OS. The summed E-state index contributed by atoms with van der Waals surface area (Å²) in [6.07, 6.45) is 5.65. The zero-order chi connectivity index (χ0) is 13.0. The van der Waals surface area contributed by atoms with E-state index >= 15 is 0 Å². The second-order valence-electron chi connectivity index (χ2n) is 4.98. The average molecular weight is 266 g/mol. The van der Waals surface area contributed by atoms with E-state index in [0.717, 1.165) is 24.1 Å². The minimum Gasteiger partial charge on any atom is -0.348 e. The molecule has 1 fully saturated rings. The number of carbonyl (C=O) groups is 1. The molecule has 2 rings (SSSR count). The first kappa shape index (κ1) is 13.6. The third kappa shape index (κ3) is 3.12. The molecule has 1 saturated carbocycles. The third-order valence-electron chi connectivity index (χ3n) is 3.76. The van der Waals surface area contributed by atoms with Crippen LogP contribution in [0.3, 0.4) is 0 Å². The van der Waals surface area contributed by atoms with Crippen molar-refractivity contribution in [2.24, 2.45) is 11.7 Å². The Kier molecular flexibility index (Phi) is 4.78. The molecule has 4 heteroatoms. The van der Waals surface area contributed by atoms with Gasteiger partial charge in [0.25, 0.3) is 5.91 Å². The van der Waals surface area contributed by atoms with Crippen LogP contribution in [-0.4, -0.2) is 18.5 Å². The SMILES string of the molecule is CCc1ccc(C(=O)NC2CCCCC2CN)s1. The first-order chi connectivity index (χ1) is 8.74. The molecule has 1 amide bonds. The molecule has 18 heavy (non-hydrogen) atoms. The molecule has 1 aliphatic carbocycles. The maximum absolute atomic E-state index is 12.2. The summed E-state index contributed by atoms with van der Waals surface area (Å²) >= 11 is 1.60. The Morgan fingerprint density at radius 3 is 2.89 bits per heavy atom. The van der Waals surface area contributed by atoms with Crippen LogP contribution >= 0.6 is 11.3 Å². The summed E-state index contributed by atoms with van der Waals surface area (Å²) in [5.41, 5.74) is 5.78. The van der Waals surface area contributed by atoms with Crippen LogP contribution in [0.25, 0.3) is 0 Å². The van der Waals surface area contributed by atoms with E-state index in [2.05, 4.69) is 12.2 Å². The predicted molar refractivity (Wildman–Crippen MR) is 76.0 cm³/mol. The highest BCUT2D eigenvalue weighted by molar-refractivity contribution is 7.14. The van der Waals surface area contributed by atoms with E-state index in [9.17, 15) is 4.79 Å². The van der Waals surface area contributed by atoms with Crippen molar-refractivity contribution in [2.75, 3.05) is 6.54 Å². The molecule has 0 aromatic carbocycles. The van der Waals surface area contributed by atoms with Crippen LogP contribution in [0.1, 0.15) is 47.2 Å². The fourth-order valence-electron chi connectivity index (χ4n) is 2.61. The smallest absolute Gasteiger partial charge is 0.261 e. The first-order valence-electron chi connectivity index (χ1n) is 6.84. The summed E-state index contributed by atoms with van der Waals surface area (Å²) in [6.45, 7) is 2.79. The van der Waals surface area contributed by atoms with E-state index in [4.69, 9.17) is 5.73 Å². The van der Waals surface area contributed by atoms with Gasteiger partial charge in [-0.05, 0) is 43.9 Å². The van der Waals surface area contributed by atoms with Crippen molar-refractivity contribution in [1.29, 1.82) is 0 Å². The van der Waals surface area contributed by atoms with Gasteiger partial charge in [0.05, 0.1) is 4.88 Å². The van der Waals surface area contributed by atoms with Gasteiger partial charge in [-0.3, -0.25) is 4.79 Å². The lowest BCUT2D eigenvalue weighted by molar-refractivity contribution is 0.0912. The van der Waals surface area contributed by atoms with Gasteiger partial charge in [0, 0.05) is 10.9 Å². The van der Waals surface area contributed by atoms with E-state index in [0.29, 0.717) is 12.5 Å². The Morgan fingerprint density at radius 1 is 1.44 bits per heavy atom. The van der Waals surface area contributed by atoms with Gasteiger partial charge < -0.3 is 11.1 Å². The highest BCUT2D eigenvalue weighted by Gasteiger charge is 2.25. The molecule has 2 unspecified atom stereocenters. The van der Waals surface area contributed by atoms with Gasteiger partial charge in [0.1, 0.15) is 0 Å². The Morgan fingerprint density at radius 2 is 2.22 bits per heavy atom. The highest BCUT2D eigenvalue weighted by atomic mass is 32.1. The largest absolute Gasteiger partial charge is 0.348 e. The quantitative estimate of drug-likeness (QED) is 0.880. The summed E-state index contributed by atoms with van der Waals surface area (Å²) in [4.78, 5) is 14.3. The maximum Gasteiger partial charge on any atom is 0.261 e. The van der Waals surface area contributed by atoms with Gasteiger partial charge >= 0.3 is 0 Å². The van der Waals surface area contributed by atoms with Crippen molar-refractivity contribution >= 4 is 17.2 Å². The number of nitrogens with one attached hydrogen (secondary N) is 1. The molecule has 3 N–H and O–H groups in total. The number of carbonyl (C=O) groups excluding carboxylic acids is 1. The fourth-order valence-corrected chi connectivity index (χ4v) is 3.46. The van der Waals surface area contributed by atoms with Crippen LogP contribution in [0.2, 0.25) is 0 Å². The lowest BCUT2D eigenvalue weighted by Crippen LogP contribution is -2.44. The normalized spacial score (nSPS) is 23.9. The fraction of sp³-hybridized carbons (Fsp3) is 0.643. The molecule has 1 aromatic rings. The molecule has 100 valence electrons. The van der Waals surface area contributed by atoms with Crippen molar-refractivity contribution in [2.45, 2.75) is 45.1 Å². The Hall–Kier alpha value is -0.870. The molecule has 3 nitrogen and oxygen atoms in total. The molecule has 1 aromatic heterocycles. The molecule has 1 heterocycles. The van der Waals surface area contributed by atoms with Gasteiger partial charge in [-0.25, -0.2) is 0 Å². The van der Waals surface area contributed by atoms with Crippen molar-refractivity contribution in [3.05, 3.63) is 21.9 Å². The minimum atomic E-state index is 0.0741. The van der Waals surface area contributed by atoms with E-state index in [1.54, 1.807) is 11.3 Å². The van der Waals surface area contributed by atoms with E-state index in [1.807, 2.05) is 12.1 Å². The van der Waals surface area contributed by atoms with Crippen LogP contribution < -0.4 is 11.1 Å². The number of rotatable bonds is 4. The minimum absolute atomic E-state index is 0.0741. The Balaban J connectivity index is 1.97. The van der Waals surface area contributed by atoms with E-state index < -0.39 is 0 Å². The van der Waals surface area contributed by atoms with Gasteiger partial charge in [0.2, 0.25) is 0 Å². The number of hydrogen-bond acceptors (Lipinski definition) is 3. The van der Waals surface area contributed by atoms with Crippen molar-refractivity contribution in [3.63, 3.8) is 0 Å². The van der Waals surface area contributed by atoms with E-state index in [-0.39, 0.29) is 11.9 Å². The van der Waals surface area contributed by atoms with Crippen LogP contribution in [0.4, 0.5) is 0 Å². The molecule has 0 aliphatic heterocycles. The molecule has 2 atom stereocenters. The van der Waals surface area contributed by atoms with Gasteiger partial charge in [-0.2, -0.15) is 0 Å². The predicted octanol–water partition coefficient (Wildman–Crippen LogP) is 2.56. The van der Waals surface area contributed by atoms with Crippen molar-refractivity contribution < 1.29 is 4.79 Å². The van der Waals surface area contributed by atoms with Crippen LogP contribution in [0.5, 0.6) is 0 Å². The van der Waals surface area contributed by atoms with Gasteiger partial charge in [-0.15, -0.1) is 11.3 Å². The second kappa shape index (κ2) is 6.34. The summed E-state index contributed by atoms with van der Waals surface area (Å²) < 4.78 is 0. The monoisotopic (exact) mass is 266 g/mol. The van der Waals surface area contributed by atoms with E-state index in [1.165, 1.54) is 17.7 Å². The molecule has 0 spiro atoms. The van der Waals surface area contributed by atoms with Gasteiger partial charge in [0.15, 0.2) is 0 Å². The average Bonchev–Trinajstić information content (AvgIpc) is 2.88. The highest BCUT2D eigenvalue weighted by Crippen LogP contribution is 2.24. The number of amides is 1. The molecule has 0 radical (unpaired) electrons. The van der Waals surface area contributed by atoms with Crippen LogP contribution in [0, 0.1) is 5.92 Å². The lowest BCUT2D eigenvalue weighted by atomic mass is 9.84. The zero-order valence-electron chi connectivity index (χ0n) is 10.9. The summed E-state index contributed by atoms with van der Waals surface area (Å²) in [6, 6.07) is 4.24. The number of thiophene rings is 1. The molecule has 0 bridgehead atoms. The van der Waals surface area contributed by atoms with Crippen molar-refractivity contribution in [1.82, 2.24) is 5.32 Å². The first-order valence-corrected chi connectivity index (χ1v) is 7.66. The number of nitrogens with two attached hydrogens (primary N) is 1. The Bertz CT molecular complexity index is 402. The Labute approximate surface area is 113 Å².